The van der Waals surface area contributed by atoms with Crippen molar-refractivity contribution in [2.75, 3.05) is 0 Å². The van der Waals surface area contributed by atoms with Gasteiger partial charge in [0.25, 0.3) is 0 Å². The maximum atomic E-state index is 3.77. The summed E-state index contributed by atoms with van der Waals surface area (Å²) in [5, 5.41) is 0. The van der Waals surface area contributed by atoms with Crippen LogP contribution in [0.5, 0.6) is 0 Å². The molecule has 0 amide bonds. The molecule has 0 N–H and O–H groups in total. The molecule has 0 heterocycles. The van der Waals surface area contributed by atoms with Gasteiger partial charge in [0.2, 0.25) is 0 Å². The zero-order valence-corrected chi connectivity index (χ0v) is 6.57. The first-order valence-corrected chi connectivity index (χ1v) is 3.16. The Balaban J connectivity index is 4.18. The molecule has 0 unspecified atom stereocenters. The van der Waals surface area contributed by atoms with E-state index < -0.39 is 0 Å². The summed E-state index contributed by atoms with van der Waals surface area (Å²) in [6.45, 7) is 11.2. The van der Waals surface area contributed by atoms with Crippen LogP contribution in [0.2, 0.25) is 0 Å². The SMILES string of the molecule is C=C(C#CC)C(=C)/C=C\C. The van der Waals surface area contributed by atoms with Crippen LogP contribution in [0.3, 0.4) is 0 Å². The fourth-order valence-corrected chi connectivity index (χ4v) is 0.533. The van der Waals surface area contributed by atoms with Gasteiger partial charge < -0.3 is 0 Å². The molecule has 10 heavy (non-hydrogen) atoms. The summed E-state index contributed by atoms with van der Waals surface area (Å²) in [6.07, 6.45) is 3.82. The van der Waals surface area contributed by atoms with E-state index in [0.717, 1.165) is 11.1 Å². The summed E-state index contributed by atoms with van der Waals surface area (Å²) >= 11 is 0. The Hall–Kier alpha value is -1.22. The standard InChI is InChI=1S/C10H12/c1-5-7-9(3)10(4)8-6-2/h5,7H,3-4H2,1-2H3/b7-5-. The van der Waals surface area contributed by atoms with Gasteiger partial charge in [0, 0.05) is 5.57 Å². The Morgan fingerprint density at radius 3 is 2.40 bits per heavy atom. The van der Waals surface area contributed by atoms with Crippen molar-refractivity contribution in [2.24, 2.45) is 0 Å². The van der Waals surface area contributed by atoms with Crippen LogP contribution in [-0.4, -0.2) is 0 Å². The topological polar surface area (TPSA) is 0 Å². The first kappa shape index (κ1) is 8.78. The number of allylic oxidation sites excluding steroid dienone is 4. The normalized spacial score (nSPS) is 8.60. The minimum Gasteiger partial charge on any atom is -0.101 e. The van der Waals surface area contributed by atoms with E-state index in [1.54, 1.807) is 6.92 Å². The lowest BCUT2D eigenvalue weighted by molar-refractivity contribution is 1.60. The first-order valence-electron chi connectivity index (χ1n) is 3.16. The van der Waals surface area contributed by atoms with E-state index in [1.807, 2.05) is 19.1 Å². The van der Waals surface area contributed by atoms with E-state index in [0.29, 0.717) is 0 Å². The highest BCUT2D eigenvalue weighted by Gasteiger charge is 1.87. The third-order valence-corrected chi connectivity index (χ3v) is 1.03. The summed E-state index contributed by atoms with van der Waals surface area (Å²) in [7, 11) is 0. The van der Waals surface area contributed by atoms with Crippen molar-refractivity contribution in [1.29, 1.82) is 0 Å². The van der Waals surface area contributed by atoms with Crippen molar-refractivity contribution >= 4 is 0 Å². The lowest BCUT2D eigenvalue weighted by atomic mass is 10.1. The van der Waals surface area contributed by atoms with Gasteiger partial charge in [-0.1, -0.05) is 31.2 Å². The van der Waals surface area contributed by atoms with Crippen LogP contribution in [0.25, 0.3) is 0 Å². The largest absolute Gasteiger partial charge is 0.101 e. The molecule has 0 aromatic rings. The molecule has 0 nitrogen and oxygen atoms in total. The number of hydrogen-bond donors (Lipinski definition) is 0. The lowest BCUT2D eigenvalue weighted by Gasteiger charge is -1.92. The highest BCUT2D eigenvalue weighted by molar-refractivity contribution is 5.47. The summed E-state index contributed by atoms with van der Waals surface area (Å²) in [4.78, 5) is 0. The van der Waals surface area contributed by atoms with Crippen molar-refractivity contribution in [3.05, 3.63) is 36.5 Å². The van der Waals surface area contributed by atoms with Crippen LogP contribution in [0, 0.1) is 11.8 Å². The summed E-state index contributed by atoms with van der Waals surface area (Å²) in [5.74, 6) is 5.60. The van der Waals surface area contributed by atoms with Gasteiger partial charge in [-0.3, -0.25) is 0 Å². The predicted molar refractivity (Wildman–Crippen MR) is 46.5 cm³/mol. The molecule has 0 saturated carbocycles. The second-order valence-electron chi connectivity index (χ2n) is 1.88. The number of rotatable bonds is 2. The minimum atomic E-state index is 0.792. The molecule has 0 rings (SSSR count). The maximum Gasteiger partial charge on any atom is 0.0239 e. The molecule has 0 bridgehead atoms. The second kappa shape index (κ2) is 4.64. The zero-order chi connectivity index (χ0) is 7.98. The molecule has 0 aliphatic carbocycles. The molecule has 0 aromatic carbocycles. The smallest absolute Gasteiger partial charge is 0.0239 e. The molecule has 0 radical (unpaired) electrons. The second-order valence-corrected chi connectivity index (χ2v) is 1.88. The van der Waals surface area contributed by atoms with E-state index in [4.69, 9.17) is 0 Å². The van der Waals surface area contributed by atoms with E-state index in [9.17, 15) is 0 Å². The van der Waals surface area contributed by atoms with Crippen molar-refractivity contribution in [1.82, 2.24) is 0 Å². The first-order chi connectivity index (χ1) is 4.72. The summed E-state index contributed by atoms with van der Waals surface area (Å²) < 4.78 is 0. The predicted octanol–water partition coefficient (Wildman–Crippen LogP) is 2.70. The molecular formula is C10H12. The molecule has 0 aliphatic heterocycles. The summed E-state index contributed by atoms with van der Waals surface area (Å²) in [6, 6.07) is 0. The summed E-state index contributed by atoms with van der Waals surface area (Å²) in [5.41, 5.74) is 1.68. The lowest BCUT2D eigenvalue weighted by Crippen LogP contribution is -1.76. The number of hydrogen-bond acceptors (Lipinski definition) is 0. The van der Waals surface area contributed by atoms with Crippen molar-refractivity contribution in [3.8, 4) is 11.8 Å². The van der Waals surface area contributed by atoms with Crippen molar-refractivity contribution < 1.29 is 0 Å². The molecule has 0 aromatic heterocycles. The zero-order valence-electron chi connectivity index (χ0n) is 6.57. The molecule has 0 heteroatoms. The Morgan fingerprint density at radius 1 is 1.40 bits per heavy atom. The van der Waals surface area contributed by atoms with E-state index in [1.165, 1.54) is 0 Å². The van der Waals surface area contributed by atoms with Gasteiger partial charge in [0.05, 0.1) is 0 Å². The van der Waals surface area contributed by atoms with Crippen LogP contribution < -0.4 is 0 Å². The monoisotopic (exact) mass is 132 g/mol. The fourth-order valence-electron chi connectivity index (χ4n) is 0.533. The van der Waals surface area contributed by atoms with Crippen LogP contribution in [0.15, 0.2) is 36.5 Å². The molecule has 0 saturated heterocycles. The molecular weight excluding hydrogens is 120 g/mol. The van der Waals surface area contributed by atoms with Gasteiger partial charge in [-0.15, -0.1) is 5.92 Å². The van der Waals surface area contributed by atoms with E-state index >= 15 is 0 Å². The van der Waals surface area contributed by atoms with Gasteiger partial charge in [-0.25, -0.2) is 0 Å². The van der Waals surface area contributed by atoms with Crippen molar-refractivity contribution in [2.45, 2.75) is 13.8 Å². The quantitative estimate of drug-likeness (QED) is 0.400. The maximum absolute atomic E-state index is 3.77. The molecule has 52 valence electrons. The average molecular weight is 132 g/mol. The van der Waals surface area contributed by atoms with Crippen LogP contribution >= 0.6 is 0 Å². The van der Waals surface area contributed by atoms with Gasteiger partial charge >= 0.3 is 0 Å². The molecule has 0 aliphatic rings. The van der Waals surface area contributed by atoms with Crippen LogP contribution in [0.4, 0.5) is 0 Å². The van der Waals surface area contributed by atoms with E-state index in [-0.39, 0.29) is 0 Å². The van der Waals surface area contributed by atoms with E-state index in [2.05, 4.69) is 25.0 Å². The van der Waals surface area contributed by atoms with Gasteiger partial charge in [0.15, 0.2) is 0 Å². The van der Waals surface area contributed by atoms with Crippen LogP contribution in [-0.2, 0) is 0 Å². The Bertz CT molecular complexity index is 218. The third kappa shape index (κ3) is 2.94. The minimum absolute atomic E-state index is 0.792. The highest BCUT2D eigenvalue weighted by atomic mass is 13.9. The van der Waals surface area contributed by atoms with Gasteiger partial charge in [-0.05, 0) is 19.4 Å². The highest BCUT2D eigenvalue weighted by Crippen LogP contribution is 2.04. The molecule has 0 spiro atoms. The van der Waals surface area contributed by atoms with Gasteiger partial charge in [-0.2, -0.15) is 0 Å². The molecule has 0 atom stereocenters. The third-order valence-electron chi connectivity index (χ3n) is 1.03. The Kier molecular flexibility index (Phi) is 4.07. The van der Waals surface area contributed by atoms with Gasteiger partial charge in [0.1, 0.15) is 0 Å². The molecule has 0 fully saturated rings. The fraction of sp³-hybridized carbons (Fsp3) is 0.200. The Labute approximate surface area is 63.0 Å². The van der Waals surface area contributed by atoms with Crippen LogP contribution in [0.1, 0.15) is 13.8 Å². The Morgan fingerprint density at radius 2 is 2.00 bits per heavy atom. The average Bonchev–Trinajstić information content (AvgIpc) is 1.89. The van der Waals surface area contributed by atoms with Crippen molar-refractivity contribution in [3.63, 3.8) is 0 Å².